The van der Waals surface area contributed by atoms with Crippen LogP contribution >= 0.6 is 0 Å². The van der Waals surface area contributed by atoms with Gasteiger partial charge in [-0.05, 0) is 12.1 Å². The quantitative estimate of drug-likeness (QED) is 0.877. The van der Waals surface area contributed by atoms with Crippen LogP contribution in [-0.4, -0.2) is 22.8 Å². The summed E-state index contributed by atoms with van der Waals surface area (Å²) in [7, 11) is 0. The molecule has 0 amide bonds. The first kappa shape index (κ1) is 11.4. The molecule has 0 saturated heterocycles. The number of nitrogens with two attached hydrogens (primary N) is 1. The summed E-state index contributed by atoms with van der Waals surface area (Å²) in [6.45, 7) is -1.44. The maximum absolute atomic E-state index is 12.0. The third-order valence-electron chi connectivity index (χ3n) is 1.94. The van der Waals surface area contributed by atoms with Gasteiger partial charge in [-0.3, -0.25) is 0 Å². The molecule has 0 aliphatic heterocycles. The third kappa shape index (κ3) is 2.74. The minimum absolute atomic E-state index is 0.159. The molecule has 17 heavy (non-hydrogen) atoms. The second-order valence-corrected chi connectivity index (χ2v) is 3.31. The van der Waals surface area contributed by atoms with E-state index in [0.29, 0.717) is 11.0 Å². The van der Waals surface area contributed by atoms with Crippen LogP contribution in [0.3, 0.4) is 0 Å². The van der Waals surface area contributed by atoms with E-state index >= 15 is 0 Å². The van der Waals surface area contributed by atoms with Crippen LogP contribution in [-0.2, 0) is 0 Å². The van der Waals surface area contributed by atoms with E-state index in [9.17, 15) is 13.2 Å². The molecule has 0 bridgehead atoms. The van der Waals surface area contributed by atoms with E-state index in [2.05, 4.69) is 14.7 Å². The van der Waals surface area contributed by atoms with Gasteiger partial charge in [0, 0.05) is 0 Å². The Morgan fingerprint density at radius 2 is 1.71 bits per heavy atom. The lowest BCUT2D eigenvalue weighted by atomic mass is 10.3. The molecule has 4 nitrogen and oxygen atoms in total. The second-order valence-electron chi connectivity index (χ2n) is 3.31. The van der Waals surface area contributed by atoms with Crippen molar-refractivity contribution in [3.8, 4) is 5.88 Å². The van der Waals surface area contributed by atoms with Crippen molar-refractivity contribution >= 4 is 16.9 Å². The summed E-state index contributed by atoms with van der Waals surface area (Å²) in [6, 6.07) is 6.70. The van der Waals surface area contributed by atoms with Crippen LogP contribution < -0.4 is 10.5 Å². The molecule has 0 aliphatic rings. The molecule has 2 rings (SSSR count). The molecule has 0 aliphatic carbocycles. The molecule has 1 aromatic carbocycles. The average Bonchev–Trinajstić information content (AvgIpc) is 2.25. The zero-order valence-corrected chi connectivity index (χ0v) is 8.53. The van der Waals surface area contributed by atoms with Crippen LogP contribution in [0.15, 0.2) is 24.3 Å². The monoisotopic (exact) mass is 243 g/mol. The summed E-state index contributed by atoms with van der Waals surface area (Å²) in [4.78, 5) is 7.77. The Labute approximate surface area is 94.2 Å². The van der Waals surface area contributed by atoms with Crippen molar-refractivity contribution in [2.75, 3.05) is 12.3 Å². The number of alkyl halides is 3. The van der Waals surface area contributed by atoms with E-state index in [1.54, 1.807) is 24.3 Å². The number of ether oxygens (including phenoxy) is 1. The van der Waals surface area contributed by atoms with Gasteiger partial charge in [-0.15, -0.1) is 0 Å². The van der Waals surface area contributed by atoms with Gasteiger partial charge < -0.3 is 10.5 Å². The van der Waals surface area contributed by atoms with E-state index in [4.69, 9.17) is 5.73 Å². The van der Waals surface area contributed by atoms with Gasteiger partial charge in [0.15, 0.2) is 12.4 Å². The van der Waals surface area contributed by atoms with Crippen LogP contribution in [0, 0.1) is 0 Å². The molecule has 0 unspecified atom stereocenters. The van der Waals surface area contributed by atoms with Crippen LogP contribution in [0.25, 0.3) is 11.0 Å². The fourth-order valence-electron chi connectivity index (χ4n) is 1.25. The number of hydrogen-bond acceptors (Lipinski definition) is 4. The Kier molecular flexibility index (Phi) is 2.74. The van der Waals surface area contributed by atoms with Gasteiger partial charge in [-0.2, -0.15) is 13.2 Å². The first-order valence-corrected chi connectivity index (χ1v) is 4.67. The van der Waals surface area contributed by atoms with Crippen LogP contribution in [0.2, 0.25) is 0 Å². The highest BCUT2D eigenvalue weighted by Gasteiger charge is 2.29. The fourth-order valence-corrected chi connectivity index (χ4v) is 1.25. The van der Waals surface area contributed by atoms with Gasteiger partial charge in [0.1, 0.15) is 0 Å². The van der Waals surface area contributed by atoms with Gasteiger partial charge in [-0.25, -0.2) is 9.97 Å². The number of hydrogen-bond donors (Lipinski definition) is 1. The summed E-state index contributed by atoms with van der Waals surface area (Å²) in [5.74, 6) is -0.464. The molecule has 1 heterocycles. The third-order valence-corrected chi connectivity index (χ3v) is 1.94. The largest absolute Gasteiger partial charge is 0.465 e. The smallest absolute Gasteiger partial charge is 0.422 e. The Morgan fingerprint density at radius 3 is 2.29 bits per heavy atom. The highest BCUT2D eigenvalue weighted by atomic mass is 19.4. The Balaban J connectivity index is 2.31. The number of benzene rings is 1. The number of aromatic nitrogens is 2. The Hall–Kier alpha value is -2.05. The molecular weight excluding hydrogens is 235 g/mol. The molecule has 0 atom stereocenters. The fraction of sp³-hybridized carbons (Fsp3) is 0.200. The molecule has 2 N–H and O–H groups in total. The number of fused-ring (bicyclic) bond motifs is 1. The number of halogens is 3. The second kappa shape index (κ2) is 4.08. The Morgan fingerprint density at radius 1 is 1.12 bits per heavy atom. The molecular formula is C10H8F3N3O. The summed E-state index contributed by atoms with van der Waals surface area (Å²) in [5.41, 5.74) is 6.38. The van der Waals surface area contributed by atoms with Gasteiger partial charge in [0.2, 0.25) is 0 Å². The minimum atomic E-state index is -4.43. The Bertz CT molecular complexity index is 542. The summed E-state index contributed by atoms with van der Waals surface area (Å²) >= 11 is 0. The molecule has 1 aromatic heterocycles. The van der Waals surface area contributed by atoms with E-state index < -0.39 is 12.8 Å². The molecule has 0 radical (unpaired) electrons. The zero-order chi connectivity index (χ0) is 12.5. The van der Waals surface area contributed by atoms with E-state index in [1.807, 2.05) is 0 Å². The molecule has 0 spiro atoms. The van der Waals surface area contributed by atoms with E-state index in [-0.39, 0.29) is 11.7 Å². The van der Waals surface area contributed by atoms with Gasteiger partial charge in [0.05, 0.1) is 11.0 Å². The van der Waals surface area contributed by atoms with Crippen molar-refractivity contribution in [3.05, 3.63) is 24.3 Å². The van der Waals surface area contributed by atoms with Crippen molar-refractivity contribution in [1.82, 2.24) is 9.97 Å². The van der Waals surface area contributed by atoms with Crippen molar-refractivity contribution in [2.45, 2.75) is 6.18 Å². The molecule has 2 aromatic rings. The lowest BCUT2D eigenvalue weighted by Gasteiger charge is -2.10. The molecule has 0 fully saturated rings. The number of rotatable bonds is 2. The van der Waals surface area contributed by atoms with Crippen LogP contribution in [0.1, 0.15) is 0 Å². The lowest BCUT2D eigenvalue weighted by molar-refractivity contribution is -0.153. The molecule has 0 saturated carbocycles. The number of nitrogen functional groups attached to an aromatic ring is 1. The van der Waals surface area contributed by atoms with Gasteiger partial charge in [-0.1, -0.05) is 12.1 Å². The highest BCUT2D eigenvalue weighted by molar-refractivity contribution is 5.76. The standard InChI is InChI=1S/C10H8F3N3O/c11-10(12,13)5-17-9-8(14)15-6-3-1-2-4-7(6)16-9/h1-4H,5H2,(H2,14,15). The van der Waals surface area contributed by atoms with Crippen molar-refractivity contribution < 1.29 is 17.9 Å². The summed E-state index contributed by atoms with van der Waals surface area (Å²) in [6.07, 6.45) is -4.43. The molecule has 7 heteroatoms. The first-order chi connectivity index (χ1) is 7.96. The van der Waals surface area contributed by atoms with E-state index in [0.717, 1.165) is 0 Å². The number of anilines is 1. The maximum Gasteiger partial charge on any atom is 0.422 e. The van der Waals surface area contributed by atoms with Crippen molar-refractivity contribution in [2.24, 2.45) is 0 Å². The lowest BCUT2D eigenvalue weighted by Crippen LogP contribution is -2.20. The normalized spacial score (nSPS) is 11.7. The summed E-state index contributed by atoms with van der Waals surface area (Å²) in [5, 5.41) is 0. The number of nitrogens with zero attached hydrogens (tertiary/aromatic N) is 2. The molecule has 90 valence electrons. The van der Waals surface area contributed by atoms with Crippen molar-refractivity contribution in [3.63, 3.8) is 0 Å². The predicted octanol–water partition coefficient (Wildman–Crippen LogP) is 2.15. The zero-order valence-electron chi connectivity index (χ0n) is 8.53. The minimum Gasteiger partial charge on any atom is -0.465 e. The number of para-hydroxylation sites is 2. The maximum atomic E-state index is 12.0. The van der Waals surface area contributed by atoms with Crippen LogP contribution in [0.5, 0.6) is 5.88 Å². The topological polar surface area (TPSA) is 61.0 Å². The SMILES string of the molecule is Nc1nc2ccccc2nc1OCC(F)(F)F. The van der Waals surface area contributed by atoms with Gasteiger partial charge in [0.25, 0.3) is 5.88 Å². The summed E-state index contributed by atoms with van der Waals surface area (Å²) < 4.78 is 40.4. The average molecular weight is 243 g/mol. The van der Waals surface area contributed by atoms with Gasteiger partial charge >= 0.3 is 6.18 Å². The van der Waals surface area contributed by atoms with Crippen LogP contribution in [0.4, 0.5) is 19.0 Å². The van der Waals surface area contributed by atoms with E-state index in [1.165, 1.54) is 0 Å². The predicted molar refractivity (Wildman–Crippen MR) is 55.5 cm³/mol. The highest BCUT2D eigenvalue weighted by Crippen LogP contribution is 2.23. The first-order valence-electron chi connectivity index (χ1n) is 4.67. The van der Waals surface area contributed by atoms with Crippen molar-refractivity contribution in [1.29, 1.82) is 0 Å².